The largest absolute Gasteiger partial charge is 0.544 e. The molecule has 1 aromatic carbocycles. The number of benzene rings is 1. The Kier molecular flexibility index (Phi) is 5.06. The van der Waals surface area contributed by atoms with Crippen LogP contribution in [-0.2, 0) is 6.42 Å². The molecule has 0 saturated heterocycles. The normalized spacial score (nSPS) is 11.5. The van der Waals surface area contributed by atoms with Crippen molar-refractivity contribution in [1.82, 2.24) is 0 Å². The summed E-state index contributed by atoms with van der Waals surface area (Å²) in [6.07, 6.45) is 1.10. The van der Waals surface area contributed by atoms with Gasteiger partial charge in [0, 0.05) is 0 Å². The van der Waals surface area contributed by atoms with E-state index >= 15 is 0 Å². The van der Waals surface area contributed by atoms with E-state index in [0.717, 1.165) is 12.2 Å². The molecule has 0 N–H and O–H groups in total. The maximum Gasteiger partial charge on any atom is 0.250 e. The zero-order valence-corrected chi connectivity index (χ0v) is 12.0. The number of aryl methyl sites for hydroxylation is 1. The van der Waals surface area contributed by atoms with Crippen LogP contribution in [0, 0.1) is 0 Å². The van der Waals surface area contributed by atoms with Crippen molar-refractivity contribution >= 4 is 8.32 Å². The molecule has 0 fully saturated rings. The van der Waals surface area contributed by atoms with Gasteiger partial charge in [-0.25, -0.2) is 0 Å². The number of hydrogen-bond acceptors (Lipinski definition) is 1. The molecule has 1 aromatic rings. The Hall–Kier alpha value is -0.763. The Morgan fingerprint density at radius 3 is 1.75 bits per heavy atom. The first-order chi connectivity index (χ1) is 7.69. The van der Waals surface area contributed by atoms with E-state index in [4.69, 9.17) is 4.43 Å². The molecule has 0 aliphatic heterocycles. The zero-order valence-electron chi connectivity index (χ0n) is 11.0. The fourth-order valence-corrected chi connectivity index (χ4v) is 4.58. The van der Waals surface area contributed by atoms with Gasteiger partial charge in [-0.1, -0.05) is 39.8 Å². The SMILES string of the molecule is CCc1ccc(O[Si](CC)(CC)CC)cc1. The highest BCUT2D eigenvalue weighted by molar-refractivity contribution is 6.74. The van der Waals surface area contributed by atoms with Crippen molar-refractivity contribution < 1.29 is 4.43 Å². The summed E-state index contributed by atoms with van der Waals surface area (Å²) < 4.78 is 6.29. The fourth-order valence-electron chi connectivity index (χ4n) is 2.01. The van der Waals surface area contributed by atoms with Crippen LogP contribution in [0.5, 0.6) is 5.75 Å². The molecule has 0 aliphatic carbocycles. The molecule has 0 amide bonds. The Morgan fingerprint density at radius 2 is 1.38 bits per heavy atom. The molecule has 0 saturated carbocycles. The number of rotatable bonds is 6. The zero-order chi connectivity index (χ0) is 12.0. The van der Waals surface area contributed by atoms with Crippen LogP contribution < -0.4 is 4.43 Å². The maximum absolute atomic E-state index is 6.29. The van der Waals surface area contributed by atoms with Crippen LogP contribution in [0.4, 0.5) is 0 Å². The van der Waals surface area contributed by atoms with Gasteiger partial charge in [-0.15, -0.1) is 0 Å². The van der Waals surface area contributed by atoms with E-state index in [9.17, 15) is 0 Å². The average molecular weight is 236 g/mol. The van der Waals surface area contributed by atoms with E-state index in [0.29, 0.717) is 0 Å². The van der Waals surface area contributed by atoms with Gasteiger partial charge >= 0.3 is 0 Å². The highest BCUT2D eigenvalue weighted by atomic mass is 28.4. The van der Waals surface area contributed by atoms with Crippen molar-refractivity contribution in [3.8, 4) is 5.75 Å². The van der Waals surface area contributed by atoms with E-state index in [2.05, 4.69) is 52.0 Å². The molecule has 0 aliphatic rings. The van der Waals surface area contributed by atoms with Crippen molar-refractivity contribution in [3.63, 3.8) is 0 Å². The van der Waals surface area contributed by atoms with Gasteiger partial charge < -0.3 is 4.43 Å². The highest BCUT2D eigenvalue weighted by Crippen LogP contribution is 2.25. The van der Waals surface area contributed by atoms with Gasteiger partial charge in [-0.05, 0) is 42.2 Å². The summed E-state index contributed by atoms with van der Waals surface area (Å²) in [5.74, 6) is 1.06. The lowest BCUT2D eigenvalue weighted by molar-refractivity contribution is 0.532. The molecule has 0 bridgehead atoms. The molecule has 16 heavy (non-hydrogen) atoms. The summed E-state index contributed by atoms with van der Waals surface area (Å²) in [4.78, 5) is 0. The molecule has 2 heteroatoms. The van der Waals surface area contributed by atoms with E-state index < -0.39 is 8.32 Å². The molecular weight excluding hydrogens is 212 g/mol. The van der Waals surface area contributed by atoms with Crippen molar-refractivity contribution in [1.29, 1.82) is 0 Å². The minimum absolute atomic E-state index is 1.06. The van der Waals surface area contributed by atoms with Crippen LogP contribution in [0.1, 0.15) is 33.3 Å². The molecule has 0 heterocycles. The Bertz CT molecular complexity index is 293. The third kappa shape index (κ3) is 3.11. The van der Waals surface area contributed by atoms with Gasteiger partial charge in [0.05, 0.1) is 0 Å². The molecular formula is C14H24OSi. The first-order valence-corrected chi connectivity index (χ1v) is 9.00. The highest BCUT2D eigenvalue weighted by Gasteiger charge is 2.30. The van der Waals surface area contributed by atoms with Gasteiger partial charge in [-0.3, -0.25) is 0 Å². The lowest BCUT2D eigenvalue weighted by atomic mass is 10.2. The van der Waals surface area contributed by atoms with Crippen LogP contribution in [0.25, 0.3) is 0 Å². The van der Waals surface area contributed by atoms with Crippen LogP contribution >= 0.6 is 0 Å². The number of hydrogen-bond donors (Lipinski definition) is 0. The second-order valence-electron chi connectivity index (χ2n) is 4.34. The van der Waals surface area contributed by atoms with Gasteiger partial charge in [0.2, 0.25) is 8.32 Å². The molecule has 0 atom stereocenters. The monoisotopic (exact) mass is 236 g/mol. The molecule has 0 aromatic heterocycles. The van der Waals surface area contributed by atoms with Gasteiger partial charge in [-0.2, -0.15) is 0 Å². The third-order valence-electron chi connectivity index (χ3n) is 3.60. The second-order valence-corrected chi connectivity index (χ2v) is 9.03. The first-order valence-electron chi connectivity index (χ1n) is 6.47. The Balaban J connectivity index is 2.77. The molecule has 0 spiro atoms. The minimum atomic E-state index is -1.49. The van der Waals surface area contributed by atoms with Crippen molar-refractivity contribution in [3.05, 3.63) is 29.8 Å². The van der Waals surface area contributed by atoms with Crippen LogP contribution in [0.2, 0.25) is 18.1 Å². The predicted octanol–water partition coefficient (Wildman–Crippen LogP) is 4.63. The summed E-state index contributed by atoms with van der Waals surface area (Å²) >= 11 is 0. The topological polar surface area (TPSA) is 9.23 Å². The standard InChI is InChI=1S/C14H24OSi/c1-5-13-9-11-14(12-10-13)15-16(6-2,7-3)8-4/h9-12H,5-8H2,1-4H3. The molecule has 0 radical (unpaired) electrons. The fraction of sp³-hybridized carbons (Fsp3) is 0.571. The van der Waals surface area contributed by atoms with Gasteiger partial charge in [0.15, 0.2) is 0 Å². The van der Waals surface area contributed by atoms with Crippen LogP contribution in [0.3, 0.4) is 0 Å². The average Bonchev–Trinajstić information content (AvgIpc) is 2.37. The molecule has 90 valence electrons. The quantitative estimate of drug-likeness (QED) is 0.654. The van der Waals surface area contributed by atoms with Crippen molar-refractivity contribution in [2.45, 2.75) is 52.2 Å². The Labute approximate surface area is 101 Å². The Morgan fingerprint density at radius 1 is 0.875 bits per heavy atom. The predicted molar refractivity (Wildman–Crippen MR) is 73.6 cm³/mol. The first kappa shape index (κ1) is 13.3. The van der Waals surface area contributed by atoms with E-state index in [1.807, 2.05) is 0 Å². The van der Waals surface area contributed by atoms with Crippen molar-refractivity contribution in [2.75, 3.05) is 0 Å². The van der Waals surface area contributed by atoms with E-state index in [1.54, 1.807) is 0 Å². The van der Waals surface area contributed by atoms with Crippen LogP contribution in [-0.4, -0.2) is 8.32 Å². The van der Waals surface area contributed by atoms with Crippen molar-refractivity contribution in [2.24, 2.45) is 0 Å². The maximum atomic E-state index is 6.29. The molecule has 1 rings (SSSR count). The second kappa shape index (κ2) is 6.09. The van der Waals surface area contributed by atoms with Gasteiger partial charge in [0.25, 0.3) is 0 Å². The lowest BCUT2D eigenvalue weighted by Gasteiger charge is -2.29. The summed E-state index contributed by atoms with van der Waals surface area (Å²) in [5.41, 5.74) is 1.38. The summed E-state index contributed by atoms with van der Waals surface area (Å²) in [7, 11) is -1.49. The molecule has 1 nitrogen and oxygen atoms in total. The third-order valence-corrected chi connectivity index (χ3v) is 8.13. The van der Waals surface area contributed by atoms with Crippen LogP contribution in [0.15, 0.2) is 24.3 Å². The van der Waals surface area contributed by atoms with Gasteiger partial charge in [0.1, 0.15) is 5.75 Å². The summed E-state index contributed by atoms with van der Waals surface area (Å²) in [6.45, 7) is 8.97. The molecule has 0 unspecified atom stereocenters. The van der Waals surface area contributed by atoms with E-state index in [1.165, 1.54) is 23.7 Å². The lowest BCUT2D eigenvalue weighted by Crippen LogP contribution is -2.39. The smallest absolute Gasteiger partial charge is 0.250 e. The summed E-state index contributed by atoms with van der Waals surface area (Å²) in [5, 5.41) is 0. The minimum Gasteiger partial charge on any atom is -0.544 e. The summed E-state index contributed by atoms with van der Waals surface area (Å²) in [6, 6.07) is 12.2. The van der Waals surface area contributed by atoms with E-state index in [-0.39, 0.29) is 0 Å².